The Labute approximate surface area is 124 Å². The van der Waals surface area contributed by atoms with E-state index in [1.54, 1.807) is 7.11 Å². The Morgan fingerprint density at radius 3 is 2.70 bits per heavy atom. The molecule has 0 aromatic heterocycles. The first-order valence-electron chi connectivity index (χ1n) is 7.86. The van der Waals surface area contributed by atoms with Crippen molar-refractivity contribution >= 4 is 5.96 Å². The molecule has 1 heterocycles. The van der Waals surface area contributed by atoms with Crippen molar-refractivity contribution in [3.8, 4) is 0 Å². The molecular weight excluding hydrogens is 252 g/mol. The van der Waals surface area contributed by atoms with Crippen molar-refractivity contribution in [2.24, 2.45) is 10.9 Å². The summed E-state index contributed by atoms with van der Waals surface area (Å²) in [4.78, 5) is 7.14. The zero-order valence-electron chi connectivity index (χ0n) is 13.8. The number of nitrogens with one attached hydrogen (secondary N) is 2. The molecule has 1 aliphatic heterocycles. The van der Waals surface area contributed by atoms with Crippen LogP contribution in [0.4, 0.5) is 0 Å². The lowest BCUT2D eigenvalue weighted by atomic mass is 10.1. The van der Waals surface area contributed by atoms with Crippen LogP contribution in [0.15, 0.2) is 4.99 Å². The van der Waals surface area contributed by atoms with E-state index in [-0.39, 0.29) is 0 Å². The Balaban J connectivity index is 2.48. The molecule has 0 radical (unpaired) electrons. The van der Waals surface area contributed by atoms with Crippen molar-refractivity contribution in [2.45, 2.75) is 46.2 Å². The third-order valence-corrected chi connectivity index (χ3v) is 3.81. The Hall–Kier alpha value is -0.810. The first kappa shape index (κ1) is 17.2. The molecule has 0 aliphatic carbocycles. The Kier molecular flexibility index (Phi) is 7.92. The summed E-state index contributed by atoms with van der Waals surface area (Å²) in [6.45, 7) is 13.7. The van der Waals surface area contributed by atoms with E-state index in [0.717, 1.165) is 38.6 Å². The fourth-order valence-electron chi connectivity index (χ4n) is 2.51. The second-order valence-electron chi connectivity index (χ2n) is 5.88. The number of guanidine groups is 1. The van der Waals surface area contributed by atoms with Gasteiger partial charge in [-0.3, -0.25) is 9.89 Å². The van der Waals surface area contributed by atoms with Gasteiger partial charge in [0.15, 0.2) is 5.96 Å². The molecule has 1 saturated heterocycles. The van der Waals surface area contributed by atoms with Crippen LogP contribution in [-0.4, -0.2) is 62.8 Å². The molecule has 118 valence electrons. The van der Waals surface area contributed by atoms with E-state index in [9.17, 15) is 0 Å². The lowest BCUT2D eigenvalue weighted by molar-refractivity contribution is 0.197. The fraction of sp³-hybridized carbons (Fsp3) is 0.933. The van der Waals surface area contributed by atoms with Crippen molar-refractivity contribution in [1.82, 2.24) is 15.5 Å². The van der Waals surface area contributed by atoms with E-state index in [4.69, 9.17) is 4.74 Å². The van der Waals surface area contributed by atoms with Crippen LogP contribution in [0.3, 0.4) is 0 Å². The topological polar surface area (TPSA) is 48.9 Å². The third-order valence-electron chi connectivity index (χ3n) is 3.81. The van der Waals surface area contributed by atoms with E-state index in [1.165, 1.54) is 6.54 Å². The number of hydrogen-bond acceptors (Lipinski definition) is 3. The quantitative estimate of drug-likeness (QED) is 0.420. The minimum atomic E-state index is 0.484. The summed E-state index contributed by atoms with van der Waals surface area (Å²) in [5.74, 6) is 1.59. The molecule has 0 bridgehead atoms. The molecule has 0 saturated carbocycles. The molecule has 0 aromatic carbocycles. The van der Waals surface area contributed by atoms with E-state index < -0.39 is 0 Å². The van der Waals surface area contributed by atoms with Crippen molar-refractivity contribution in [2.75, 3.05) is 39.9 Å². The van der Waals surface area contributed by atoms with Crippen molar-refractivity contribution < 1.29 is 4.74 Å². The van der Waals surface area contributed by atoms with Gasteiger partial charge >= 0.3 is 0 Å². The van der Waals surface area contributed by atoms with Crippen molar-refractivity contribution in [3.63, 3.8) is 0 Å². The highest BCUT2D eigenvalue weighted by Crippen LogP contribution is 2.18. The number of methoxy groups -OCH3 is 1. The number of rotatable bonds is 7. The van der Waals surface area contributed by atoms with Gasteiger partial charge in [0.2, 0.25) is 0 Å². The maximum Gasteiger partial charge on any atom is 0.191 e. The lowest BCUT2D eigenvalue weighted by Gasteiger charge is -2.21. The lowest BCUT2D eigenvalue weighted by Crippen LogP contribution is -2.46. The van der Waals surface area contributed by atoms with Crippen LogP contribution in [0, 0.1) is 5.92 Å². The molecule has 0 amide bonds. The van der Waals surface area contributed by atoms with Crippen LogP contribution in [-0.2, 0) is 4.74 Å². The molecule has 1 fully saturated rings. The number of ether oxygens (including phenoxy) is 1. The van der Waals surface area contributed by atoms with Gasteiger partial charge in [0.25, 0.3) is 0 Å². The van der Waals surface area contributed by atoms with Gasteiger partial charge in [-0.2, -0.15) is 0 Å². The zero-order chi connectivity index (χ0) is 15.0. The van der Waals surface area contributed by atoms with Gasteiger partial charge in [0.1, 0.15) is 0 Å². The van der Waals surface area contributed by atoms with Crippen LogP contribution in [0.25, 0.3) is 0 Å². The molecule has 2 N–H and O–H groups in total. The van der Waals surface area contributed by atoms with Gasteiger partial charge in [-0.05, 0) is 33.1 Å². The number of aliphatic imine (C=N–C) groups is 1. The summed E-state index contributed by atoms with van der Waals surface area (Å²) in [6.07, 6.45) is 0.964. The summed E-state index contributed by atoms with van der Waals surface area (Å²) in [7, 11) is 1.73. The molecule has 0 spiro atoms. The molecule has 5 nitrogen and oxygen atoms in total. The van der Waals surface area contributed by atoms with Crippen LogP contribution >= 0.6 is 0 Å². The number of hydrogen-bond donors (Lipinski definition) is 2. The first-order valence-corrected chi connectivity index (χ1v) is 7.86. The normalized spacial score (nSPS) is 24.4. The van der Waals surface area contributed by atoms with Crippen LogP contribution in [0.5, 0.6) is 0 Å². The van der Waals surface area contributed by atoms with Gasteiger partial charge in [0.05, 0.1) is 0 Å². The highest BCUT2D eigenvalue weighted by Gasteiger charge is 2.31. The van der Waals surface area contributed by atoms with Gasteiger partial charge in [-0.25, -0.2) is 0 Å². The smallest absolute Gasteiger partial charge is 0.191 e. The number of likely N-dealkylation sites (tertiary alicyclic amines) is 1. The summed E-state index contributed by atoms with van der Waals surface area (Å²) in [5.41, 5.74) is 0. The Morgan fingerprint density at radius 1 is 1.40 bits per heavy atom. The molecule has 1 rings (SSSR count). The third kappa shape index (κ3) is 5.67. The van der Waals surface area contributed by atoms with Gasteiger partial charge < -0.3 is 15.4 Å². The van der Waals surface area contributed by atoms with Crippen LogP contribution in [0.1, 0.15) is 34.1 Å². The molecule has 2 unspecified atom stereocenters. The first-order chi connectivity index (χ1) is 9.58. The summed E-state index contributed by atoms with van der Waals surface area (Å²) >= 11 is 0. The highest BCUT2D eigenvalue weighted by molar-refractivity contribution is 5.80. The predicted octanol–water partition coefficient (Wildman–Crippen LogP) is 1.31. The maximum atomic E-state index is 5.06. The van der Waals surface area contributed by atoms with E-state index in [1.807, 2.05) is 0 Å². The molecule has 20 heavy (non-hydrogen) atoms. The Bertz CT molecular complexity index is 294. The SMILES string of the molecule is CCNC(=NCCCOC)NC1CN(C(C)C)CC1C. The van der Waals surface area contributed by atoms with E-state index in [0.29, 0.717) is 18.0 Å². The fourth-order valence-corrected chi connectivity index (χ4v) is 2.51. The van der Waals surface area contributed by atoms with Crippen LogP contribution < -0.4 is 10.6 Å². The second kappa shape index (κ2) is 9.19. The molecule has 0 aromatic rings. The van der Waals surface area contributed by atoms with Crippen molar-refractivity contribution in [3.05, 3.63) is 0 Å². The zero-order valence-corrected chi connectivity index (χ0v) is 13.8. The van der Waals surface area contributed by atoms with E-state index in [2.05, 4.69) is 48.2 Å². The monoisotopic (exact) mass is 284 g/mol. The standard InChI is InChI=1S/C15H32N4O/c1-6-16-15(17-8-7-9-20-5)18-14-11-19(12(2)3)10-13(14)4/h12-14H,6-11H2,1-5H3,(H2,16,17,18). The molecule has 5 heteroatoms. The number of nitrogens with zero attached hydrogens (tertiary/aromatic N) is 2. The second-order valence-corrected chi connectivity index (χ2v) is 5.88. The average Bonchev–Trinajstić information content (AvgIpc) is 2.76. The average molecular weight is 284 g/mol. The van der Waals surface area contributed by atoms with Gasteiger partial charge in [-0.15, -0.1) is 0 Å². The summed E-state index contributed by atoms with van der Waals surface area (Å²) in [5, 5.41) is 6.92. The largest absolute Gasteiger partial charge is 0.385 e. The Morgan fingerprint density at radius 2 is 2.15 bits per heavy atom. The molecule has 2 atom stereocenters. The predicted molar refractivity (Wildman–Crippen MR) is 85.3 cm³/mol. The van der Waals surface area contributed by atoms with E-state index >= 15 is 0 Å². The maximum absolute atomic E-state index is 5.06. The minimum absolute atomic E-state index is 0.484. The summed E-state index contributed by atoms with van der Waals surface area (Å²) in [6, 6.07) is 1.10. The highest BCUT2D eigenvalue weighted by atomic mass is 16.5. The van der Waals surface area contributed by atoms with Gasteiger partial charge in [0, 0.05) is 52.0 Å². The van der Waals surface area contributed by atoms with Crippen molar-refractivity contribution in [1.29, 1.82) is 0 Å². The van der Waals surface area contributed by atoms with Gasteiger partial charge in [-0.1, -0.05) is 6.92 Å². The molecule has 1 aliphatic rings. The van der Waals surface area contributed by atoms with Crippen LogP contribution in [0.2, 0.25) is 0 Å². The molecular formula is C15H32N4O. The summed E-state index contributed by atoms with van der Waals surface area (Å²) < 4.78 is 5.06. The minimum Gasteiger partial charge on any atom is -0.385 e.